The van der Waals surface area contributed by atoms with Gasteiger partial charge in [-0.15, -0.1) is 0 Å². The number of ketones is 2. The zero-order chi connectivity index (χ0) is 26.7. The monoisotopic (exact) mass is 500 g/mol. The van der Waals surface area contributed by atoms with Crippen LogP contribution in [0, 0.1) is 0 Å². The Bertz CT molecular complexity index is 1340. The Morgan fingerprint density at radius 3 is 0.895 bits per heavy atom. The Balaban J connectivity index is 0.00000164. The summed E-state index contributed by atoms with van der Waals surface area (Å²) in [5.74, 6) is 2.52. The number of ether oxygens (including phenoxy) is 2. The van der Waals surface area contributed by atoms with Gasteiger partial charge in [0, 0.05) is 22.3 Å². The van der Waals surface area contributed by atoms with Crippen LogP contribution >= 0.6 is 0 Å². The van der Waals surface area contributed by atoms with Gasteiger partial charge in [-0.25, -0.2) is 0 Å². The van der Waals surface area contributed by atoms with Crippen LogP contribution in [0.1, 0.15) is 45.7 Å². The first-order chi connectivity index (χ1) is 18.7. The van der Waals surface area contributed by atoms with Gasteiger partial charge in [0.15, 0.2) is 11.6 Å². The van der Waals surface area contributed by atoms with Gasteiger partial charge >= 0.3 is 0 Å². The van der Waals surface area contributed by atoms with Crippen molar-refractivity contribution in [2.75, 3.05) is 0 Å². The molecular weight excluding hydrogens is 472 g/mol. The Labute approximate surface area is 223 Å². The second-order valence-corrected chi connectivity index (χ2v) is 8.11. The molecular formula is C34H28O4. The van der Waals surface area contributed by atoms with E-state index in [9.17, 15) is 9.59 Å². The second kappa shape index (κ2) is 12.8. The lowest BCUT2D eigenvalue weighted by molar-refractivity contribution is 0.102. The zero-order valence-electron chi connectivity index (χ0n) is 21.3. The van der Waals surface area contributed by atoms with Gasteiger partial charge in [-0.05, 0) is 72.8 Å². The summed E-state index contributed by atoms with van der Waals surface area (Å²) in [4.78, 5) is 25.8. The van der Waals surface area contributed by atoms with Gasteiger partial charge in [-0.3, -0.25) is 9.59 Å². The van der Waals surface area contributed by atoms with Gasteiger partial charge in [-0.1, -0.05) is 74.5 Å². The number of hydrogen-bond donors (Lipinski definition) is 0. The van der Waals surface area contributed by atoms with E-state index >= 15 is 0 Å². The van der Waals surface area contributed by atoms with Crippen molar-refractivity contribution >= 4 is 11.6 Å². The Hall–Kier alpha value is -4.96. The maximum Gasteiger partial charge on any atom is 0.193 e. The van der Waals surface area contributed by atoms with E-state index in [2.05, 4.69) is 0 Å². The third kappa shape index (κ3) is 6.62. The normalized spacial score (nSPS) is 10.1. The van der Waals surface area contributed by atoms with Crippen LogP contribution in [0.2, 0.25) is 0 Å². The molecule has 0 atom stereocenters. The molecule has 0 aromatic heterocycles. The summed E-state index contributed by atoms with van der Waals surface area (Å²) < 4.78 is 11.6. The molecule has 0 amide bonds. The average Bonchev–Trinajstić information content (AvgIpc) is 2.99. The minimum absolute atomic E-state index is 0.123. The predicted molar refractivity (Wildman–Crippen MR) is 151 cm³/mol. The number of hydrogen-bond acceptors (Lipinski definition) is 4. The molecule has 188 valence electrons. The molecule has 0 aliphatic carbocycles. The molecule has 5 aromatic carbocycles. The number of benzene rings is 5. The van der Waals surface area contributed by atoms with Crippen molar-refractivity contribution in [3.8, 4) is 23.0 Å². The maximum absolute atomic E-state index is 12.9. The van der Waals surface area contributed by atoms with E-state index in [4.69, 9.17) is 9.47 Å². The number of carbonyl (C=O) groups is 2. The van der Waals surface area contributed by atoms with Crippen molar-refractivity contribution in [1.82, 2.24) is 0 Å². The SMILES string of the molecule is CC.O=C(c1ccc(Oc2ccccc2)cc1)c1ccc(C(=O)c2ccc(Oc3ccccc3)cc2)cc1. The molecule has 5 aromatic rings. The van der Waals surface area contributed by atoms with Gasteiger partial charge in [0.2, 0.25) is 0 Å². The molecule has 0 N–H and O–H groups in total. The van der Waals surface area contributed by atoms with E-state index in [1.165, 1.54) is 0 Å². The molecule has 0 aliphatic rings. The van der Waals surface area contributed by atoms with Crippen LogP contribution in [0.25, 0.3) is 0 Å². The predicted octanol–water partition coefficient (Wildman–Crippen LogP) is 8.76. The van der Waals surface area contributed by atoms with Crippen LogP contribution in [-0.4, -0.2) is 11.6 Å². The minimum Gasteiger partial charge on any atom is -0.457 e. The van der Waals surface area contributed by atoms with Gasteiger partial charge in [0.25, 0.3) is 0 Å². The minimum atomic E-state index is -0.123. The Morgan fingerprint density at radius 1 is 0.368 bits per heavy atom. The summed E-state index contributed by atoms with van der Waals surface area (Å²) in [6.45, 7) is 4.00. The van der Waals surface area contributed by atoms with Crippen molar-refractivity contribution in [2.24, 2.45) is 0 Å². The van der Waals surface area contributed by atoms with Gasteiger partial charge in [0.05, 0.1) is 0 Å². The van der Waals surface area contributed by atoms with Crippen molar-refractivity contribution < 1.29 is 19.1 Å². The first-order valence-electron chi connectivity index (χ1n) is 12.5. The quantitative estimate of drug-likeness (QED) is 0.200. The average molecular weight is 501 g/mol. The molecule has 0 heterocycles. The van der Waals surface area contributed by atoms with Crippen LogP contribution in [-0.2, 0) is 0 Å². The highest BCUT2D eigenvalue weighted by molar-refractivity contribution is 6.11. The highest BCUT2D eigenvalue weighted by Crippen LogP contribution is 2.24. The van der Waals surface area contributed by atoms with Crippen LogP contribution in [0.5, 0.6) is 23.0 Å². The maximum atomic E-state index is 12.9. The van der Waals surface area contributed by atoms with Crippen molar-refractivity contribution in [3.05, 3.63) is 156 Å². The van der Waals surface area contributed by atoms with E-state index in [0.717, 1.165) is 11.5 Å². The molecule has 0 saturated carbocycles. The van der Waals surface area contributed by atoms with Gasteiger partial charge in [-0.2, -0.15) is 0 Å². The fourth-order valence-electron chi connectivity index (χ4n) is 3.70. The molecule has 4 nitrogen and oxygen atoms in total. The molecule has 0 fully saturated rings. The highest BCUT2D eigenvalue weighted by atomic mass is 16.5. The third-order valence-electron chi connectivity index (χ3n) is 5.60. The Morgan fingerprint density at radius 2 is 0.605 bits per heavy atom. The summed E-state index contributed by atoms with van der Waals surface area (Å²) in [6, 6.07) is 39.6. The van der Waals surface area contributed by atoms with Gasteiger partial charge in [0.1, 0.15) is 23.0 Å². The largest absolute Gasteiger partial charge is 0.457 e. The van der Waals surface area contributed by atoms with Crippen LogP contribution in [0.4, 0.5) is 0 Å². The number of carbonyl (C=O) groups excluding carboxylic acids is 2. The molecule has 0 unspecified atom stereocenters. The standard InChI is InChI=1S/C32H22O4.C2H6/c33-31(25-15-19-29(20-16-25)35-27-7-3-1-4-8-27)23-11-13-24(14-12-23)32(34)26-17-21-30(22-18-26)36-28-9-5-2-6-10-28;1-2/h1-22H;1-2H3. The van der Waals surface area contributed by atoms with E-state index in [0.29, 0.717) is 33.8 Å². The lowest BCUT2D eigenvalue weighted by atomic mass is 9.98. The number of para-hydroxylation sites is 2. The zero-order valence-corrected chi connectivity index (χ0v) is 21.3. The van der Waals surface area contributed by atoms with Crippen LogP contribution < -0.4 is 9.47 Å². The summed E-state index contributed by atoms with van der Waals surface area (Å²) in [6.07, 6.45) is 0. The molecule has 0 aliphatic heterocycles. The van der Waals surface area contributed by atoms with Crippen molar-refractivity contribution in [1.29, 1.82) is 0 Å². The van der Waals surface area contributed by atoms with E-state index < -0.39 is 0 Å². The topological polar surface area (TPSA) is 52.6 Å². The lowest BCUT2D eigenvalue weighted by Gasteiger charge is -2.08. The molecule has 4 heteroatoms. The fraction of sp³-hybridized carbons (Fsp3) is 0.0588. The first-order valence-corrected chi connectivity index (χ1v) is 12.5. The van der Waals surface area contributed by atoms with Crippen LogP contribution in [0.15, 0.2) is 133 Å². The fourth-order valence-corrected chi connectivity index (χ4v) is 3.70. The van der Waals surface area contributed by atoms with Crippen molar-refractivity contribution in [3.63, 3.8) is 0 Å². The summed E-state index contributed by atoms with van der Waals surface area (Å²) in [7, 11) is 0. The van der Waals surface area contributed by atoms with Gasteiger partial charge < -0.3 is 9.47 Å². The summed E-state index contributed by atoms with van der Waals surface area (Å²) in [5, 5.41) is 0. The molecule has 0 bridgehead atoms. The van der Waals surface area contributed by atoms with E-state index in [1.54, 1.807) is 72.8 Å². The molecule has 0 radical (unpaired) electrons. The Kier molecular flexibility index (Phi) is 8.82. The first kappa shape index (κ1) is 26.1. The summed E-state index contributed by atoms with van der Waals surface area (Å²) >= 11 is 0. The lowest BCUT2D eigenvalue weighted by Crippen LogP contribution is -2.04. The molecule has 0 spiro atoms. The third-order valence-corrected chi connectivity index (χ3v) is 5.60. The van der Waals surface area contributed by atoms with Crippen LogP contribution in [0.3, 0.4) is 0 Å². The summed E-state index contributed by atoms with van der Waals surface area (Å²) in [5.41, 5.74) is 2.11. The molecule has 5 rings (SSSR count). The smallest absolute Gasteiger partial charge is 0.193 e. The van der Waals surface area contributed by atoms with E-state index in [1.807, 2.05) is 74.5 Å². The second-order valence-electron chi connectivity index (χ2n) is 8.11. The molecule has 0 saturated heterocycles. The number of rotatable bonds is 8. The van der Waals surface area contributed by atoms with Crippen molar-refractivity contribution in [2.45, 2.75) is 13.8 Å². The highest BCUT2D eigenvalue weighted by Gasteiger charge is 2.13. The van der Waals surface area contributed by atoms with E-state index in [-0.39, 0.29) is 11.6 Å². The molecule has 38 heavy (non-hydrogen) atoms.